The van der Waals surface area contributed by atoms with E-state index >= 15 is 0 Å². The molecule has 0 aromatic carbocycles. The number of rotatable bonds is 52. The van der Waals surface area contributed by atoms with Crippen LogP contribution in [0.15, 0.2) is 72.9 Å². The smallest absolute Gasteiger partial charge is 0.306 e. The van der Waals surface area contributed by atoms with Gasteiger partial charge in [0.05, 0.1) is 6.61 Å². The van der Waals surface area contributed by atoms with Gasteiger partial charge in [-0.2, -0.15) is 0 Å². The molecule has 0 N–H and O–H groups in total. The summed E-state index contributed by atoms with van der Waals surface area (Å²) in [5.41, 5.74) is 0. The zero-order chi connectivity index (χ0) is 47.7. The van der Waals surface area contributed by atoms with Gasteiger partial charge in [0.1, 0.15) is 6.61 Å². The lowest BCUT2D eigenvalue weighted by atomic mass is 10.1. The van der Waals surface area contributed by atoms with E-state index in [1.54, 1.807) is 0 Å². The van der Waals surface area contributed by atoms with Crippen molar-refractivity contribution in [1.29, 1.82) is 0 Å². The van der Waals surface area contributed by atoms with Gasteiger partial charge in [-0.1, -0.05) is 229 Å². The summed E-state index contributed by atoms with van der Waals surface area (Å²) in [5.74, 6) is -0.444. The first-order valence-electron chi connectivity index (χ1n) is 28.5. The largest absolute Gasteiger partial charge is 0.462 e. The van der Waals surface area contributed by atoms with Crippen molar-refractivity contribution in [3.63, 3.8) is 0 Å². The summed E-state index contributed by atoms with van der Waals surface area (Å²) in [5, 5.41) is 0. The predicted molar refractivity (Wildman–Crippen MR) is 288 cm³/mol. The Hall–Kier alpha value is -2.66. The van der Waals surface area contributed by atoms with Crippen LogP contribution in [0.2, 0.25) is 0 Å². The Bertz CT molecular complexity index is 1180. The molecule has 5 nitrogen and oxygen atoms in total. The highest BCUT2D eigenvalue weighted by Gasteiger charge is 2.17. The van der Waals surface area contributed by atoms with Crippen LogP contribution in [0, 0.1) is 0 Å². The maximum absolute atomic E-state index is 12.8. The highest BCUT2D eigenvalue weighted by atomic mass is 16.6. The molecule has 66 heavy (non-hydrogen) atoms. The van der Waals surface area contributed by atoms with Gasteiger partial charge in [0.15, 0.2) is 6.10 Å². The van der Waals surface area contributed by atoms with Crippen LogP contribution in [0.1, 0.15) is 278 Å². The second kappa shape index (κ2) is 56.7. The molecule has 1 unspecified atom stereocenters. The quantitative estimate of drug-likeness (QED) is 0.0346. The van der Waals surface area contributed by atoms with Crippen LogP contribution in [0.3, 0.4) is 0 Å². The molecule has 0 rings (SSSR count). The lowest BCUT2D eigenvalue weighted by Crippen LogP contribution is -2.30. The number of ether oxygens (including phenoxy) is 3. The lowest BCUT2D eigenvalue weighted by molar-refractivity contribution is -0.163. The standard InChI is InChI=1S/C61H108O5/c1-4-7-10-13-16-19-22-25-28-30-31-32-34-36-39-42-45-48-51-54-60(62)65-58-59(57-64-56-53-50-47-44-41-38-35-29-26-23-20-17-14-11-8-5-2)66-61(63)55-52-49-46-43-40-37-33-27-24-21-18-15-12-9-6-3/h9,12,18,21,25-29,33,40,43,59H,4-8,10-11,13-17,19-20,22-24,30-32,34-39,41-42,44-58H2,1-3H3/b12-9-,21-18-,28-25-,29-26-,33-27-,43-40-. The summed E-state index contributed by atoms with van der Waals surface area (Å²) in [6, 6.07) is 0. The number of hydrogen-bond acceptors (Lipinski definition) is 5. The first-order valence-corrected chi connectivity index (χ1v) is 28.5. The number of unbranched alkanes of at least 4 members (excludes halogenated alkanes) is 29. The number of allylic oxidation sites excluding steroid dienone is 12. The van der Waals surface area contributed by atoms with Crippen LogP contribution < -0.4 is 0 Å². The van der Waals surface area contributed by atoms with E-state index in [0.29, 0.717) is 19.4 Å². The molecule has 0 saturated carbocycles. The maximum Gasteiger partial charge on any atom is 0.306 e. The lowest BCUT2D eigenvalue weighted by Gasteiger charge is -2.18. The minimum absolute atomic E-state index is 0.0643. The van der Waals surface area contributed by atoms with E-state index in [0.717, 1.165) is 70.6 Å². The molecule has 0 aromatic rings. The van der Waals surface area contributed by atoms with Crippen molar-refractivity contribution in [3.8, 4) is 0 Å². The highest BCUT2D eigenvalue weighted by Crippen LogP contribution is 2.15. The Labute approximate surface area is 410 Å². The molecule has 0 heterocycles. The molecule has 0 radical (unpaired) electrons. The van der Waals surface area contributed by atoms with Gasteiger partial charge in [-0.05, 0) is 109 Å². The average molecular weight is 922 g/mol. The van der Waals surface area contributed by atoms with Crippen LogP contribution in [0.5, 0.6) is 0 Å². The maximum atomic E-state index is 12.8. The second-order valence-electron chi connectivity index (χ2n) is 18.8. The summed E-state index contributed by atoms with van der Waals surface area (Å²) in [6.07, 6.45) is 73.5. The molecular weight excluding hydrogens is 813 g/mol. The van der Waals surface area contributed by atoms with Crippen molar-refractivity contribution in [2.75, 3.05) is 19.8 Å². The van der Waals surface area contributed by atoms with Crippen molar-refractivity contribution in [2.45, 2.75) is 284 Å². The van der Waals surface area contributed by atoms with Crippen molar-refractivity contribution < 1.29 is 23.8 Å². The van der Waals surface area contributed by atoms with Gasteiger partial charge in [0.25, 0.3) is 0 Å². The Morgan fingerprint density at radius 3 is 1.14 bits per heavy atom. The zero-order valence-electron chi connectivity index (χ0n) is 44.0. The first-order chi connectivity index (χ1) is 32.6. The van der Waals surface area contributed by atoms with Crippen molar-refractivity contribution in [3.05, 3.63) is 72.9 Å². The number of esters is 2. The fourth-order valence-corrected chi connectivity index (χ4v) is 7.96. The van der Waals surface area contributed by atoms with Crippen LogP contribution in [-0.4, -0.2) is 37.9 Å². The molecule has 382 valence electrons. The number of hydrogen-bond donors (Lipinski definition) is 0. The second-order valence-corrected chi connectivity index (χ2v) is 18.8. The van der Waals surface area contributed by atoms with Crippen molar-refractivity contribution >= 4 is 11.9 Å². The SMILES string of the molecule is CC/C=C\C/C=C\C/C=C\C/C=C\CCCCC(=O)OC(COCCCCCCCC/C=C\CCCCCCCC)COC(=O)CCCCCCCCCCC/C=C\CCCCCCCC. The van der Waals surface area contributed by atoms with Gasteiger partial charge in [0, 0.05) is 19.4 Å². The summed E-state index contributed by atoms with van der Waals surface area (Å²) < 4.78 is 17.4. The summed E-state index contributed by atoms with van der Waals surface area (Å²) in [6.45, 7) is 7.67. The topological polar surface area (TPSA) is 61.8 Å². The molecule has 0 amide bonds. The molecule has 5 heteroatoms. The number of carbonyl (C=O) groups is 2. The fourth-order valence-electron chi connectivity index (χ4n) is 7.96. The van der Waals surface area contributed by atoms with Crippen LogP contribution >= 0.6 is 0 Å². The Kier molecular flexibility index (Phi) is 54.4. The average Bonchev–Trinajstić information content (AvgIpc) is 3.32. The van der Waals surface area contributed by atoms with Gasteiger partial charge < -0.3 is 14.2 Å². The monoisotopic (exact) mass is 921 g/mol. The summed E-state index contributed by atoms with van der Waals surface area (Å²) in [7, 11) is 0. The van der Waals surface area contributed by atoms with Gasteiger partial charge >= 0.3 is 11.9 Å². The molecule has 0 aliphatic carbocycles. The van der Waals surface area contributed by atoms with E-state index in [1.807, 2.05) is 0 Å². The Balaban J connectivity index is 4.31. The van der Waals surface area contributed by atoms with E-state index < -0.39 is 6.10 Å². The summed E-state index contributed by atoms with van der Waals surface area (Å²) >= 11 is 0. The molecule has 0 aromatic heterocycles. The molecule has 1 atom stereocenters. The molecule has 0 fully saturated rings. The minimum Gasteiger partial charge on any atom is -0.462 e. The van der Waals surface area contributed by atoms with E-state index in [4.69, 9.17) is 14.2 Å². The van der Waals surface area contributed by atoms with Crippen LogP contribution in [0.25, 0.3) is 0 Å². The van der Waals surface area contributed by atoms with Gasteiger partial charge in [-0.25, -0.2) is 0 Å². The molecule has 0 bridgehead atoms. The zero-order valence-corrected chi connectivity index (χ0v) is 44.0. The van der Waals surface area contributed by atoms with Gasteiger partial charge in [-0.3, -0.25) is 9.59 Å². The number of carbonyl (C=O) groups excluding carboxylic acids is 2. The molecule has 0 spiro atoms. The van der Waals surface area contributed by atoms with Crippen molar-refractivity contribution in [2.24, 2.45) is 0 Å². The predicted octanol–water partition coefficient (Wildman–Crippen LogP) is 19.5. The molecular formula is C61H108O5. The van der Waals surface area contributed by atoms with Gasteiger partial charge in [-0.15, -0.1) is 0 Å². The molecule has 0 aliphatic heterocycles. The van der Waals surface area contributed by atoms with Crippen LogP contribution in [-0.2, 0) is 23.8 Å². The van der Waals surface area contributed by atoms with E-state index in [9.17, 15) is 9.59 Å². The van der Waals surface area contributed by atoms with Crippen LogP contribution in [0.4, 0.5) is 0 Å². The third-order valence-electron chi connectivity index (χ3n) is 12.2. The Morgan fingerprint density at radius 1 is 0.348 bits per heavy atom. The third kappa shape index (κ3) is 54.0. The first kappa shape index (κ1) is 63.3. The third-order valence-corrected chi connectivity index (χ3v) is 12.2. The summed E-state index contributed by atoms with van der Waals surface area (Å²) in [4.78, 5) is 25.5. The minimum atomic E-state index is -0.564. The normalized spacial score (nSPS) is 12.7. The van der Waals surface area contributed by atoms with E-state index in [-0.39, 0.29) is 25.2 Å². The molecule has 0 aliphatic rings. The highest BCUT2D eigenvalue weighted by molar-refractivity contribution is 5.70. The Morgan fingerprint density at radius 2 is 0.682 bits per heavy atom. The molecule has 0 saturated heterocycles. The van der Waals surface area contributed by atoms with E-state index in [1.165, 1.54) is 173 Å². The fraction of sp³-hybridized carbons (Fsp3) is 0.770. The van der Waals surface area contributed by atoms with Gasteiger partial charge in [0.2, 0.25) is 0 Å². The van der Waals surface area contributed by atoms with Crippen molar-refractivity contribution in [1.82, 2.24) is 0 Å². The van der Waals surface area contributed by atoms with E-state index in [2.05, 4.69) is 93.7 Å².